The number of nitrogens with zero attached hydrogens (tertiary/aromatic N) is 3. The smallest absolute Gasteiger partial charge is 0.317 e. The zero-order valence-electron chi connectivity index (χ0n) is 22.5. The van der Waals surface area contributed by atoms with Gasteiger partial charge in [-0.05, 0) is 44.6 Å². The molecule has 0 spiro atoms. The molecule has 1 heterocycles. The molecular formula is C30H41N4O3+. The minimum Gasteiger partial charge on any atom is -0.458 e. The summed E-state index contributed by atoms with van der Waals surface area (Å²) in [5, 5.41) is 2.78. The van der Waals surface area contributed by atoms with E-state index < -0.39 is 11.0 Å². The molecule has 0 saturated heterocycles. The van der Waals surface area contributed by atoms with Gasteiger partial charge in [-0.2, -0.15) is 0 Å². The topological polar surface area (TPSA) is 84.2 Å². The number of esters is 1. The van der Waals surface area contributed by atoms with Gasteiger partial charge < -0.3 is 10.1 Å². The van der Waals surface area contributed by atoms with E-state index in [0.29, 0.717) is 18.3 Å². The second-order valence-corrected chi connectivity index (χ2v) is 11.3. The lowest BCUT2D eigenvalue weighted by Gasteiger charge is -2.52. The first-order valence-corrected chi connectivity index (χ1v) is 13.6. The summed E-state index contributed by atoms with van der Waals surface area (Å²) in [7, 11) is 0. The van der Waals surface area contributed by atoms with Gasteiger partial charge in [0.15, 0.2) is 5.82 Å². The molecule has 37 heavy (non-hydrogen) atoms. The Kier molecular flexibility index (Phi) is 8.40. The van der Waals surface area contributed by atoms with E-state index in [1.807, 2.05) is 25.1 Å². The lowest BCUT2D eigenvalue weighted by atomic mass is 9.61. The molecule has 2 saturated carbocycles. The van der Waals surface area contributed by atoms with Crippen molar-refractivity contribution in [2.24, 2.45) is 11.8 Å². The van der Waals surface area contributed by atoms with Crippen LogP contribution in [0.5, 0.6) is 0 Å². The fraction of sp³-hybridized carbons (Fsp3) is 0.567. The monoisotopic (exact) mass is 505 g/mol. The fourth-order valence-electron chi connectivity index (χ4n) is 6.40. The van der Waals surface area contributed by atoms with E-state index in [0.717, 1.165) is 49.8 Å². The number of hydrogen-bond acceptors (Lipinski definition) is 5. The first kappa shape index (κ1) is 27.0. The Hall–Kier alpha value is -3.09. The van der Waals surface area contributed by atoms with E-state index in [2.05, 4.69) is 48.0 Å². The van der Waals surface area contributed by atoms with Gasteiger partial charge in [-0.3, -0.25) is 14.6 Å². The summed E-state index contributed by atoms with van der Waals surface area (Å²) >= 11 is 0. The number of rotatable bonds is 9. The summed E-state index contributed by atoms with van der Waals surface area (Å²) < 4.78 is 8.21. The average Bonchev–Trinajstić information content (AvgIpc) is 3.11. The highest BCUT2D eigenvalue weighted by atomic mass is 16.6. The van der Waals surface area contributed by atoms with Crippen molar-refractivity contribution in [3.8, 4) is 0 Å². The molecule has 1 N–H and O–H groups in total. The molecule has 2 unspecified atom stereocenters. The van der Waals surface area contributed by atoms with Gasteiger partial charge in [0.2, 0.25) is 6.54 Å². The number of carbonyl (C=O) groups is 2. The van der Waals surface area contributed by atoms with Gasteiger partial charge in [0.25, 0.3) is 5.91 Å². The molecule has 7 heteroatoms. The Morgan fingerprint density at radius 1 is 1.14 bits per heavy atom. The molecule has 2 fully saturated rings. The predicted octanol–water partition coefficient (Wildman–Crippen LogP) is 5.08. The van der Waals surface area contributed by atoms with Crippen LogP contribution >= 0.6 is 0 Å². The molecule has 1 aromatic carbocycles. The number of ether oxygens (including phenoxy) is 1. The van der Waals surface area contributed by atoms with Gasteiger partial charge in [-0.25, -0.2) is 9.56 Å². The van der Waals surface area contributed by atoms with Crippen LogP contribution in [0.25, 0.3) is 0 Å². The third-order valence-electron chi connectivity index (χ3n) is 8.34. The van der Waals surface area contributed by atoms with Crippen LogP contribution in [0.2, 0.25) is 0 Å². The van der Waals surface area contributed by atoms with Gasteiger partial charge >= 0.3 is 5.97 Å². The highest BCUT2D eigenvalue weighted by molar-refractivity contribution is 5.90. The van der Waals surface area contributed by atoms with Crippen LogP contribution in [0.4, 0.5) is 5.82 Å². The number of benzene rings is 1. The highest BCUT2D eigenvalue weighted by Gasteiger charge is 2.54. The van der Waals surface area contributed by atoms with Crippen LogP contribution in [-0.2, 0) is 19.7 Å². The molecule has 0 radical (unpaired) electrons. The number of carbonyl (C=O) groups excluding carboxylic acids is 2. The Morgan fingerprint density at radius 2 is 1.84 bits per heavy atom. The Balaban J connectivity index is 1.36. The molecule has 1 amide bonds. The van der Waals surface area contributed by atoms with Crippen molar-refractivity contribution in [2.75, 3.05) is 18.4 Å². The number of hydrogen-bond donors (Lipinski definition) is 1. The van der Waals surface area contributed by atoms with Crippen LogP contribution < -0.4 is 5.32 Å². The highest BCUT2D eigenvalue weighted by Crippen LogP contribution is 2.50. The van der Waals surface area contributed by atoms with Gasteiger partial charge in [0.1, 0.15) is 18.9 Å². The maximum Gasteiger partial charge on any atom is 0.317 e. The molecule has 1 aromatic heterocycles. The second-order valence-electron chi connectivity index (χ2n) is 11.3. The molecule has 3 atom stereocenters. The van der Waals surface area contributed by atoms with Gasteiger partial charge in [-0.1, -0.05) is 62.9 Å². The van der Waals surface area contributed by atoms with Crippen LogP contribution in [0.3, 0.4) is 0 Å². The maximum atomic E-state index is 13.9. The summed E-state index contributed by atoms with van der Waals surface area (Å²) in [4.78, 5) is 34.7. The summed E-state index contributed by atoms with van der Waals surface area (Å²) in [5.74, 6) is 0.875. The molecule has 198 valence electrons. The van der Waals surface area contributed by atoms with Crippen molar-refractivity contribution in [2.45, 2.75) is 83.2 Å². The number of anilines is 1. The minimum atomic E-state index is -0.556. The van der Waals surface area contributed by atoms with E-state index in [1.165, 1.54) is 19.0 Å². The van der Waals surface area contributed by atoms with Crippen molar-refractivity contribution in [3.63, 3.8) is 0 Å². The Labute approximate surface area is 220 Å². The summed E-state index contributed by atoms with van der Waals surface area (Å²) in [5.41, 5.74) is 0.780. The summed E-state index contributed by atoms with van der Waals surface area (Å²) in [6.07, 6.45) is 11.0. The lowest BCUT2D eigenvalue weighted by Crippen LogP contribution is -2.56. The zero-order valence-corrected chi connectivity index (χ0v) is 22.5. The predicted molar refractivity (Wildman–Crippen MR) is 145 cm³/mol. The Morgan fingerprint density at radius 3 is 2.49 bits per heavy atom. The van der Waals surface area contributed by atoms with Crippen LogP contribution in [0.1, 0.15) is 76.5 Å². The summed E-state index contributed by atoms with van der Waals surface area (Å²) in [6, 6.07) is 10.2. The van der Waals surface area contributed by atoms with Gasteiger partial charge in [-0.15, -0.1) is 0 Å². The third-order valence-corrected chi connectivity index (χ3v) is 8.34. The summed E-state index contributed by atoms with van der Waals surface area (Å²) in [6.45, 7) is 11.0. The third kappa shape index (κ3) is 6.25. The van der Waals surface area contributed by atoms with E-state index in [-0.39, 0.29) is 24.3 Å². The van der Waals surface area contributed by atoms with Crippen molar-refractivity contribution in [3.05, 3.63) is 54.0 Å². The van der Waals surface area contributed by atoms with Gasteiger partial charge in [0.05, 0.1) is 17.3 Å². The zero-order chi connectivity index (χ0) is 26.5. The average molecular weight is 506 g/mol. The molecule has 0 bridgehead atoms. The molecule has 2 aliphatic carbocycles. The number of aromatic nitrogens is 2. The van der Waals surface area contributed by atoms with Gasteiger partial charge in [0, 0.05) is 18.5 Å². The molecule has 2 aliphatic rings. The van der Waals surface area contributed by atoms with E-state index in [9.17, 15) is 9.59 Å². The minimum absolute atomic E-state index is 0.0647. The molecule has 0 aliphatic heterocycles. The maximum absolute atomic E-state index is 13.9. The van der Waals surface area contributed by atoms with Crippen LogP contribution in [-0.4, -0.2) is 51.8 Å². The van der Waals surface area contributed by atoms with E-state index in [1.54, 1.807) is 10.8 Å². The normalized spacial score (nSPS) is 24.8. The molecule has 2 aromatic rings. The Bertz CT molecular complexity index is 1110. The first-order chi connectivity index (χ1) is 17.7. The van der Waals surface area contributed by atoms with Crippen molar-refractivity contribution >= 4 is 24.4 Å². The van der Waals surface area contributed by atoms with Crippen molar-refractivity contribution in [1.29, 1.82) is 0 Å². The van der Waals surface area contributed by atoms with E-state index >= 15 is 0 Å². The fourth-order valence-corrected chi connectivity index (χ4v) is 6.40. The van der Waals surface area contributed by atoms with E-state index in [4.69, 9.17) is 4.74 Å². The van der Waals surface area contributed by atoms with Crippen LogP contribution in [0, 0.1) is 18.8 Å². The second kappa shape index (κ2) is 11.5. The largest absolute Gasteiger partial charge is 0.458 e. The quantitative estimate of drug-likeness (QED) is 0.222. The number of amides is 1. The lowest BCUT2D eigenvalue weighted by molar-refractivity contribution is -0.510. The molecule has 7 nitrogen and oxygen atoms in total. The SMILES string of the molecule is C=[N+](CCC1C(C)C[C@]1(C)OC(=O)C1(c2ccccc2)CCCCCC1)CC(=O)Nc1cncc(C)n1. The molecule has 4 rings (SSSR count). The number of nitrogens with one attached hydrogen (secondary N) is 1. The first-order valence-electron chi connectivity index (χ1n) is 13.6. The van der Waals surface area contributed by atoms with Crippen molar-refractivity contribution in [1.82, 2.24) is 9.97 Å². The molecular weight excluding hydrogens is 464 g/mol. The van der Waals surface area contributed by atoms with Crippen molar-refractivity contribution < 1.29 is 18.9 Å². The van der Waals surface area contributed by atoms with Crippen LogP contribution in [0.15, 0.2) is 42.7 Å². The standard InChI is InChI=1S/C30H40N4O3/c1-22-18-29(3,25(22)14-17-34(4)21-27(35)33-26-20-31-19-23(2)32-26)37-28(36)30(15-10-5-6-11-16-30)24-12-8-7-9-13-24/h7-9,12-13,19-20,22,25H,4-6,10-11,14-18,21H2,1-3H3/p+1/t22?,25?,29-/m0/s1. The number of aryl methyl sites for hydroxylation is 1.